The second kappa shape index (κ2) is 4.96. The van der Waals surface area contributed by atoms with E-state index in [0.717, 1.165) is 6.42 Å². The van der Waals surface area contributed by atoms with Crippen LogP contribution in [-0.4, -0.2) is 43.8 Å². The lowest BCUT2D eigenvalue weighted by molar-refractivity contribution is -0.0512. The first-order chi connectivity index (χ1) is 10.1. The number of hydrogen-bond acceptors (Lipinski definition) is 4. The van der Waals surface area contributed by atoms with Gasteiger partial charge in [0, 0.05) is 38.2 Å². The number of aryl methyl sites for hydroxylation is 1. The summed E-state index contributed by atoms with van der Waals surface area (Å²) in [4.78, 5) is 18.4. The number of piperidine rings is 1. The van der Waals surface area contributed by atoms with E-state index < -0.39 is 11.2 Å². The van der Waals surface area contributed by atoms with Crippen molar-refractivity contribution in [2.75, 3.05) is 6.54 Å². The second-order valence-electron chi connectivity index (χ2n) is 7.35. The van der Waals surface area contributed by atoms with Crippen LogP contribution in [0.4, 0.5) is 4.79 Å². The minimum Gasteiger partial charge on any atom is -0.444 e. The average Bonchev–Trinajstić information content (AvgIpc) is 2.99. The molecule has 1 N–H and O–H groups in total. The molecule has 3 rings (SSSR count). The third-order valence-electron chi connectivity index (χ3n) is 4.50. The Morgan fingerprint density at radius 3 is 2.68 bits per heavy atom. The molecule has 0 aromatic carbocycles. The smallest absolute Gasteiger partial charge is 0.410 e. The molecule has 2 heterocycles. The number of nitrogens with zero attached hydrogens (tertiary/aromatic N) is 3. The van der Waals surface area contributed by atoms with Crippen LogP contribution in [0.3, 0.4) is 0 Å². The zero-order valence-electron chi connectivity index (χ0n) is 13.3. The largest absolute Gasteiger partial charge is 0.444 e. The molecule has 1 saturated carbocycles. The minimum atomic E-state index is -0.968. The molecule has 1 aromatic heterocycles. The summed E-state index contributed by atoms with van der Waals surface area (Å²) < 4.78 is 8.02. The molecule has 3 atom stereocenters. The van der Waals surface area contributed by atoms with Crippen molar-refractivity contribution in [3.05, 3.63) is 16.6 Å². The van der Waals surface area contributed by atoms with Crippen LogP contribution < -0.4 is 0 Å². The van der Waals surface area contributed by atoms with Crippen LogP contribution >= 0.6 is 15.9 Å². The van der Waals surface area contributed by atoms with Gasteiger partial charge in [-0.15, -0.1) is 0 Å². The minimum absolute atomic E-state index is 0.00183. The number of ether oxygens (including phenoxy) is 1. The lowest BCUT2D eigenvalue weighted by Gasteiger charge is -2.37. The Bertz CT molecular complexity index is 610. The highest BCUT2D eigenvalue weighted by Crippen LogP contribution is 2.50. The van der Waals surface area contributed by atoms with Crippen LogP contribution in [0.25, 0.3) is 0 Å². The molecule has 1 aromatic rings. The highest BCUT2D eigenvalue weighted by molar-refractivity contribution is 9.10. The van der Waals surface area contributed by atoms with E-state index in [-0.39, 0.29) is 18.1 Å². The number of halogens is 1. The van der Waals surface area contributed by atoms with Gasteiger partial charge in [0.05, 0.1) is 0 Å². The normalized spacial score (nSPS) is 30.9. The number of carbonyl (C=O) groups excluding carboxylic acids is 1. The lowest BCUT2D eigenvalue weighted by Crippen LogP contribution is -2.48. The molecule has 0 radical (unpaired) electrons. The van der Waals surface area contributed by atoms with Crippen molar-refractivity contribution in [3.8, 4) is 0 Å². The molecule has 2 aliphatic rings. The summed E-state index contributed by atoms with van der Waals surface area (Å²) in [6.07, 6.45) is 2.85. The molecule has 7 heteroatoms. The number of amides is 1. The number of fused-ring (bicyclic) bond motifs is 2. The van der Waals surface area contributed by atoms with Crippen LogP contribution in [-0.2, 0) is 17.4 Å². The fraction of sp³-hybridized carbons (Fsp3) is 0.733. The number of aromatic nitrogens is 2. The molecule has 1 saturated heterocycles. The molecule has 2 fully saturated rings. The topological polar surface area (TPSA) is 67.6 Å². The SMILES string of the molecule is Cn1cc(Br)nc1C1(O)CC2CC1CN2C(=O)OC(C)(C)C. The number of likely N-dealkylation sites (tertiary alicyclic amines) is 1. The van der Waals surface area contributed by atoms with E-state index in [4.69, 9.17) is 4.74 Å². The Kier molecular flexibility index (Phi) is 3.56. The van der Waals surface area contributed by atoms with Crippen LogP contribution in [0.1, 0.15) is 39.4 Å². The average molecular weight is 372 g/mol. The van der Waals surface area contributed by atoms with Gasteiger partial charge in [-0.3, -0.25) is 0 Å². The van der Waals surface area contributed by atoms with Gasteiger partial charge in [-0.1, -0.05) is 0 Å². The highest BCUT2D eigenvalue weighted by atomic mass is 79.9. The molecule has 1 aliphatic carbocycles. The van der Waals surface area contributed by atoms with Crippen molar-refractivity contribution in [3.63, 3.8) is 0 Å². The van der Waals surface area contributed by atoms with E-state index >= 15 is 0 Å². The van der Waals surface area contributed by atoms with Crippen molar-refractivity contribution < 1.29 is 14.6 Å². The third kappa shape index (κ3) is 2.54. The number of aliphatic hydroxyl groups is 1. The van der Waals surface area contributed by atoms with E-state index in [9.17, 15) is 9.90 Å². The van der Waals surface area contributed by atoms with Crippen molar-refractivity contribution in [2.24, 2.45) is 13.0 Å². The first-order valence-corrected chi connectivity index (χ1v) is 8.31. The highest BCUT2D eigenvalue weighted by Gasteiger charge is 2.58. The van der Waals surface area contributed by atoms with Crippen molar-refractivity contribution in [2.45, 2.75) is 50.9 Å². The molecule has 0 spiro atoms. The van der Waals surface area contributed by atoms with Gasteiger partial charge in [0.1, 0.15) is 21.6 Å². The lowest BCUT2D eigenvalue weighted by atomic mass is 9.88. The first-order valence-electron chi connectivity index (χ1n) is 7.51. The Morgan fingerprint density at radius 2 is 2.23 bits per heavy atom. The van der Waals surface area contributed by atoms with Crippen LogP contribution in [0.2, 0.25) is 0 Å². The van der Waals surface area contributed by atoms with Gasteiger partial charge in [-0.05, 0) is 43.1 Å². The van der Waals surface area contributed by atoms with Crippen LogP contribution in [0.5, 0.6) is 0 Å². The summed E-state index contributed by atoms with van der Waals surface area (Å²) in [5, 5.41) is 11.1. The first kappa shape index (κ1) is 15.8. The predicted octanol–water partition coefficient (Wildman–Crippen LogP) is 2.40. The Labute approximate surface area is 138 Å². The Morgan fingerprint density at radius 1 is 1.55 bits per heavy atom. The summed E-state index contributed by atoms with van der Waals surface area (Å²) in [5.74, 6) is 0.661. The standard InChI is InChI=1S/C15H22BrN3O3/c1-14(2,3)22-13(20)19-7-9-5-10(19)6-15(9,21)12-17-11(16)8-18(12)4/h8-10,21H,5-7H2,1-4H3. The summed E-state index contributed by atoms with van der Waals surface area (Å²) in [7, 11) is 1.88. The van der Waals surface area contributed by atoms with Gasteiger partial charge in [0.15, 0.2) is 0 Å². The van der Waals surface area contributed by atoms with E-state index in [1.165, 1.54) is 0 Å². The molecule has 3 unspecified atom stereocenters. The third-order valence-corrected chi connectivity index (χ3v) is 4.88. The molecule has 2 bridgehead atoms. The Hall–Kier alpha value is -1.08. The maximum absolute atomic E-state index is 12.3. The van der Waals surface area contributed by atoms with E-state index in [2.05, 4.69) is 20.9 Å². The van der Waals surface area contributed by atoms with Gasteiger partial charge in [-0.2, -0.15) is 0 Å². The second-order valence-corrected chi connectivity index (χ2v) is 8.16. The fourth-order valence-corrected chi connectivity index (χ4v) is 4.11. The number of hydrogen-bond donors (Lipinski definition) is 1. The monoisotopic (exact) mass is 371 g/mol. The van der Waals surface area contributed by atoms with Crippen molar-refractivity contribution >= 4 is 22.0 Å². The van der Waals surface area contributed by atoms with Gasteiger partial charge in [0.2, 0.25) is 0 Å². The summed E-state index contributed by atoms with van der Waals surface area (Å²) in [6, 6.07) is 0.0142. The molecule has 22 heavy (non-hydrogen) atoms. The van der Waals surface area contributed by atoms with Crippen molar-refractivity contribution in [1.82, 2.24) is 14.5 Å². The molecule has 1 aliphatic heterocycles. The number of rotatable bonds is 1. The number of carbonyl (C=O) groups is 1. The molecule has 1 amide bonds. The number of imidazole rings is 1. The quantitative estimate of drug-likeness (QED) is 0.822. The van der Waals surface area contributed by atoms with Crippen LogP contribution in [0.15, 0.2) is 10.8 Å². The summed E-state index contributed by atoms with van der Waals surface area (Å²) in [6.45, 7) is 6.10. The van der Waals surface area contributed by atoms with Crippen molar-refractivity contribution in [1.29, 1.82) is 0 Å². The molecular weight excluding hydrogens is 350 g/mol. The van der Waals surface area contributed by atoms with E-state index in [0.29, 0.717) is 23.4 Å². The summed E-state index contributed by atoms with van der Waals surface area (Å²) >= 11 is 3.35. The fourth-order valence-electron chi connectivity index (χ4n) is 3.63. The molecule has 122 valence electrons. The predicted molar refractivity (Wildman–Crippen MR) is 84.3 cm³/mol. The zero-order valence-corrected chi connectivity index (χ0v) is 14.9. The van der Waals surface area contributed by atoms with E-state index in [1.54, 1.807) is 4.90 Å². The van der Waals surface area contributed by atoms with Gasteiger partial charge in [-0.25, -0.2) is 9.78 Å². The maximum Gasteiger partial charge on any atom is 0.410 e. The zero-order chi connectivity index (χ0) is 16.3. The van der Waals surface area contributed by atoms with Gasteiger partial charge < -0.3 is 19.3 Å². The van der Waals surface area contributed by atoms with E-state index in [1.807, 2.05) is 38.6 Å². The Balaban J connectivity index is 1.77. The molecule has 6 nitrogen and oxygen atoms in total. The molecular formula is C15H22BrN3O3. The summed E-state index contributed by atoms with van der Waals surface area (Å²) in [5.41, 5.74) is -1.47. The van der Waals surface area contributed by atoms with Crippen LogP contribution in [0, 0.1) is 5.92 Å². The van der Waals surface area contributed by atoms with Gasteiger partial charge in [0.25, 0.3) is 0 Å². The van der Waals surface area contributed by atoms with Gasteiger partial charge >= 0.3 is 6.09 Å². The maximum atomic E-state index is 12.3.